The molecule has 0 saturated carbocycles. The second-order valence-corrected chi connectivity index (χ2v) is 12.6. The zero-order valence-corrected chi connectivity index (χ0v) is 24.3. The third-order valence-electron chi connectivity index (χ3n) is 6.57. The minimum Gasteiger partial charge on any atom is -0.505 e. The molecule has 0 spiro atoms. The number of carbonyl (C=O) groups is 1. The van der Waals surface area contributed by atoms with Crippen molar-refractivity contribution in [1.82, 2.24) is 0 Å². The van der Waals surface area contributed by atoms with Gasteiger partial charge in [0, 0.05) is 22.0 Å². The molecule has 0 atom stereocenters. The first-order valence-corrected chi connectivity index (χ1v) is 15.3. The molecular weight excluding hydrogens is 596 g/mol. The summed E-state index contributed by atoms with van der Waals surface area (Å²) >= 11 is 0. The third kappa shape index (κ3) is 5.76. The molecule has 0 aliphatic carbocycles. The summed E-state index contributed by atoms with van der Waals surface area (Å²) in [5.41, 5.74) is 6.03. The normalized spacial score (nSPS) is 12.2. The fraction of sp³-hybridized carbons (Fsp3) is 0.0690. The van der Waals surface area contributed by atoms with E-state index >= 15 is 0 Å². The van der Waals surface area contributed by atoms with Crippen molar-refractivity contribution in [2.45, 2.75) is 9.79 Å². The van der Waals surface area contributed by atoms with E-state index in [9.17, 15) is 26.7 Å². The average molecular weight is 621 g/mol. The lowest BCUT2D eigenvalue weighted by molar-refractivity contribution is 0.102. The second kappa shape index (κ2) is 11.4. The van der Waals surface area contributed by atoms with Crippen molar-refractivity contribution in [3.05, 3.63) is 90.5 Å². The highest BCUT2D eigenvalue weighted by atomic mass is 32.2. The number of nitrogens with zero attached hydrogens (tertiary/aromatic N) is 2. The van der Waals surface area contributed by atoms with Crippen LogP contribution in [-0.4, -0.2) is 42.1 Å². The van der Waals surface area contributed by atoms with Gasteiger partial charge in [-0.2, -0.15) is 16.8 Å². The number of phenolic OH excluding ortho intramolecular Hbond substituents is 1. The van der Waals surface area contributed by atoms with Crippen LogP contribution in [0.25, 0.3) is 21.5 Å². The monoisotopic (exact) mass is 620 g/mol. The molecular formula is C29H24N4O8S2. The van der Waals surface area contributed by atoms with Crippen molar-refractivity contribution < 1.29 is 35.1 Å². The van der Waals surface area contributed by atoms with Crippen LogP contribution in [0.3, 0.4) is 0 Å². The summed E-state index contributed by atoms with van der Waals surface area (Å²) in [5.74, 6) is -1.37. The van der Waals surface area contributed by atoms with Gasteiger partial charge in [0.1, 0.15) is 10.6 Å². The van der Waals surface area contributed by atoms with Gasteiger partial charge in [-0.25, -0.2) is 0 Å². The van der Waals surface area contributed by atoms with Gasteiger partial charge in [-0.05, 0) is 59.3 Å². The maximum Gasteiger partial charge on any atom is 0.299 e. The van der Waals surface area contributed by atoms with Crippen molar-refractivity contribution >= 4 is 70.4 Å². The summed E-state index contributed by atoms with van der Waals surface area (Å²) in [6, 6.07) is 21.7. The van der Waals surface area contributed by atoms with Crippen LogP contribution in [0.15, 0.2) is 105 Å². The summed E-state index contributed by atoms with van der Waals surface area (Å²) < 4.78 is 60.7. The number of fused-ring (bicyclic) bond motifs is 2. The summed E-state index contributed by atoms with van der Waals surface area (Å²) in [6.45, 7) is 0. The predicted octanol–water partition coefficient (Wildman–Crippen LogP) is 5.62. The van der Waals surface area contributed by atoms with Gasteiger partial charge in [-0.3, -0.25) is 13.2 Å². The summed E-state index contributed by atoms with van der Waals surface area (Å²) in [4.78, 5) is 12.1. The number of hydrogen-bond acceptors (Lipinski definition) is 11. The van der Waals surface area contributed by atoms with E-state index in [2.05, 4.69) is 19.7 Å². The Morgan fingerprint density at radius 1 is 0.814 bits per heavy atom. The Hall–Kier alpha value is -4.89. The molecule has 14 heteroatoms. The Morgan fingerprint density at radius 3 is 2.19 bits per heavy atom. The largest absolute Gasteiger partial charge is 0.505 e. The fourth-order valence-corrected chi connectivity index (χ4v) is 5.96. The lowest BCUT2D eigenvalue weighted by Crippen LogP contribution is -2.13. The van der Waals surface area contributed by atoms with Gasteiger partial charge in [0.25, 0.3) is 26.1 Å². The number of phenols is 1. The number of anilines is 2. The number of rotatable bonds is 8. The Bertz CT molecular complexity index is 2140. The van der Waals surface area contributed by atoms with Gasteiger partial charge in [0.05, 0.1) is 30.5 Å². The van der Waals surface area contributed by atoms with E-state index < -0.39 is 47.4 Å². The molecule has 12 nitrogen and oxygen atoms in total. The molecule has 220 valence electrons. The Labute approximate surface area is 246 Å². The smallest absolute Gasteiger partial charge is 0.299 e. The molecule has 0 aromatic heterocycles. The van der Waals surface area contributed by atoms with Gasteiger partial charge < -0.3 is 16.2 Å². The molecule has 0 aliphatic rings. The number of aromatic hydroxyl groups is 1. The summed E-state index contributed by atoms with van der Waals surface area (Å²) in [6.07, 6.45) is 0. The molecule has 0 unspecified atom stereocenters. The minimum absolute atomic E-state index is 0.0806. The fourth-order valence-electron chi connectivity index (χ4n) is 4.40. The number of nitrogens with one attached hydrogen (secondary N) is 1. The lowest BCUT2D eigenvalue weighted by Gasteiger charge is -2.16. The first-order chi connectivity index (χ1) is 20.4. The highest BCUT2D eigenvalue weighted by Crippen LogP contribution is 2.46. The van der Waals surface area contributed by atoms with Crippen molar-refractivity contribution in [2.24, 2.45) is 10.2 Å². The molecule has 0 radical (unpaired) electrons. The van der Waals surface area contributed by atoms with Gasteiger partial charge >= 0.3 is 0 Å². The summed E-state index contributed by atoms with van der Waals surface area (Å²) in [5, 5.41) is 23.8. The van der Waals surface area contributed by atoms with Crippen molar-refractivity contribution in [2.75, 3.05) is 25.3 Å². The minimum atomic E-state index is -4.52. The highest BCUT2D eigenvalue weighted by Gasteiger charge is 2.27. The van der Waals surface area contributed by atoms with E-state index in [-0.39, 0.29) is 22.0 Å². The molecule has 43 heavy (non-hydrogen) atoms. The molecule has 0 aliphatic heterocycles. The Balaban J connectivity index is 1.78. The molecule has 0 saturated heterocycles. The van der Waals surface area contributed by atoms with Crippen LogP contribution in [-0.2, 0) is 28.6 Å². The van der Waals surface area contributed by atoms with E-state index in [1.54, 1.807) is 24.3 Å². The van der Waals surface area contributed by atoms with Crippen LogP contribution in [0, 0.1) is 0 Å². The zero-order valence-electron chi connectivity index (χ0n) is 22.7. The average Bonchev–Trinajstić information content (AvgIpc) is 3.00. The Morgan fingerprint density at radius 2 is 1.49 bits per heavy atom. The standard InChI is InChI=1S/C29H24N4O8S2/c1-40-42(36,37)21-14-19-15-25(43(38,39)41-2)27(33-32-23-9-5-7-17-6-3-4-8-22(17)23)28(34)26(19)24(16-21)31-29(35)18-10-12-20(30)13-11-18/h3-16,34H,30H2,1-2H3,(H,31,35). The number of benzene rings is 5. The molecule has 4 N–H and O–H groups in total. The quantitative estimate of drug-likeness (QED) is 0.112. The van der Waals surface area contributed by atoms with E-state index in [0.717, 1.165) is 43.2 Å². The van der Waals surface area contributed by atoms with Gasteiger partial charge in [-0.1, -0.05) is 36.4 Å². The third-order valence-corrected chi connectivity index (χ3v) is 9.11. The molecule has 5 aromatic rings. The van der Waals surface area contributed by atoms with Crippen LogP contribution in [0.5, 0.6) is 5.75 Å². The SMILES string of the molecule is COS(=O)(=O)c1cc(NC(=O)c2ccc(N)cc2)c2c(O)c(N=Nc3cccc4ccccc34)c(S(=O)(=O)OC)cc2c1. The number of amides is 1. The first kappa shape index (κ1) is 29.6. The second-order valence-electron chi connectivity index (χ2n) is 9.16. The van der Waals surface area contributed by atoms with Crippen LogP contribution < -0.4 is 11.1 Å². The molecule has 5 rings (SSSR count). The van der Waals surface area contributed by atoms with E-state index in [1.165, 1.54) is 24.3 Å². The molecule has 0 heterocycles. The molecule has 0 fully saturated rings. The zero-order chi connectivity index (χ0) is 30.9. The molecule has 1 amide bonds. The van der Waals surface area contributed by atoms with E-state index in [0.29, 0.717) is 11.4 Å². The van der Waals surface area contributed by atoms with E-state index in [1.807, 2.05) is 18.2 Å². The van der Waals surface area contributed by atoms with Crippen LogP contribution >= 0.6 is 0 Å². The number of nitrogens with two attached hydrogens (primary N) is 1. The number of nitrogen functional groups attached to an aromatic ring is 1. The van der Waals surface area contributed by atoms with Gasteiger partial charge in [0.15, 0.2) is 5.75 Å². The number of carbonyl (C=O) groups excluding carboxylic acids is 1. The first-order valence-electron chi connectivity index (χ1n) is 12.5. The summed E-state index contributed by atoms with van der Waals surface area (Å²) in [7, 11) is -6.99. The topological polar surface area (TPSA) is 187 Å². The Kier molecular flexibility index (Phi) is 7.86. The number of azo groups is 1. The molecule has 5 aromatic carbocycles. The highest BCUT2D eigenvalue weighted by molar-refractivity contribution is 7.87. The van der Waals surface area contributed by atoms with Crippen LogP contribution in [0.2, 0.25) is 0 Å². The van der Waals surface area contributed by atoms with Crippen LogP contribution in [0.1, 0.15) is 10.4 Å². The van der Waals surface area contributed by atoms with Crippen LogP contribution in [0.4, 0.5) is 22.7 Å². The van der Waals surface area contributed by atoms with Crippen molar-refractivity contribution in [3.63, 3.8) is 0 Å². The predicted molar refractivity (Wildman–Crippen MR) is 161 cm³/mol. The van der Waals surface area contributed by atoms with E-state index in [4.69, 9.17) is 9.92 Å². The van der Waals surface area contributed by atoms with Gasteiger partial charge in [-0.15, -0.1) is 10.2 Å². The number of hydrogen-bond donors (Lipinski definition) is 3. The maximum atomic E-state index is 13.1. The lowest BCUT2D eigenvalue weighted by atomic mass is 10.1. The van der Waals surface area contributed by atoms with Crippen molar-refractivity contribution in [3.8, 4) is 5.75 Å². The maximum absolute atomic E-state index is 13.1. The van der Waals surface area contributed by atoms with Gasteiger partial charge in [0.2, 0.25) is 0 Å². The molecule has 0 bridgehead atoms. The van der Waals surface area contributed by atoms with Crippen molar-refractivity contribution in [1.29, 1.82) is 0 Å².